The zero-order valence-electron chi connectivity index (χ0n) is 16.2. The molecule has 3 aliphatic carbocycles. The van der Waals surface area contributed by atoms with Crippen molar-refractivity contribution in [1.29, 1.82) is 0 Å². The Morgan fingerprint density at radius 3 is 2.57 bits per heavy atom. The Morgan fingerprint density at radius 2 is 1.83 bits per heavy atom. The zero-order valence-corrected chi connectivity index (χ0v) is 16.2. The van der Waals surface area contributed by atoms with Gasteiger partial charge in [0.15, 0.2) is 11.6 Å². The second-order valence-corrected chi connectivity index (χ2v) is 8.31. The Kier molecular flexibility index (Phi) is 3.95. The third-order valence-corrected chi connectivity index (χ3v) is 6.74. The average Bonchev–Trinajstić information content (AvgIpc) is 2.95. The van der Waals surface area contributed by atoms with Crippen molar-refractivity contribution in [2.24, 2.45) is 17.8 Å². The fraction of sp³-hybridized carbons (Fsp3) is 0.304. The molecule has 1 aromatic carbocycles. The Balaban J connectivity index is 1.72. The highest BCUT2D eigenvalue weighted by Crippen LogP contribution is 2.54. The van der Waals surface area contributed by atoms with Crippen LogP contribution in [0.3, 0.4) is 0 Å². The maximum absolute atomic E-state index is 13.0. The van der Waals surface area contributed by atoms with Gasteiger partial charge in [-0.25, -0.2) is 0 Å². The van der Waals surface area contributed by atoms with Crippen molar-refractivity contribution in [3.8, 4) is 5.75 Å². The molecule has 7 nitrogen and oxygen atoms in total. The van der Waals surface area contributed by atoms with E-state index in [0.717, 1.165) is 5.57 Å². The van der Waals surface area contributed by atoms with Gasteiger partial charge in [0.2, 0.25) is 0 Å². The summed E-state index contributed by atoms with van der Waals surface area (Å²) in [5, 5.41) is 20.1. The number of phenols is 1. The molecule has 2 N–H and O–H groups in total. The number of phenolic OH excluding ortho intramolecular Hbond substituents is 1. The van der Waals surface area contributed by atoms with Crippen molar-refractivity contribution < 1.29 is 29.5 Å². The van der Waals surface area contributed by atoms with Gasteiger partial charge in [0.25, 0.3) is 11.8 Å². The smallest absolute Gasteiger partial charge is 0.257 e. The lowest BCUT2D eigenvalue weighted by Crippen LogP contribution is -2.39. The van der Waals surface area contributed by atoms with Crippen molar-refractivity contribution >= 4 is 23.4 Å². The van der Waals surface area contributed by atoms with Crippen LogP contribution in [0.5, 0.6) is 5.75 Å². The van der Waals surface area contributed by atoms with Crippen LogP contribution in [0.2, 0.25) is 0 Å². The molecule has 1 saturated heterocycles. The summed E-state index contributed by atoms with van der Waals surface area (Å²) in [7, 11) is 0. The van der Waals surface area contributed by atoms with Gasteiger partial charge in [0, 0.05) is 22.6 Å². The van der Waals surface area contributed by atoms with Gasteiger partial charge in [-0.15, -0.1) is 0 Å². The first-order valence-corrected chi connectivity index (χ1v) is 9.85. The Bertz CT molecular complexity index is 1140. The van der Waals surface area contributed by atoms with E-state index in [-0.39, 0.29) is 35.2 Å². The fourth-order valence-electron chi connectivity index (χ4n) is 5.45. The molecule has 0 radical (unpaired) electrons. The third kappa shape index (κ3) is 2.42. The van der Waals surface area contributed by atoms with Crippen LogP contribution in [0.25, 0.3) is 0 Å². The molecule has 4 unspecified atom stereocenters. The number of aromatic hydroxyl groups is 1. The van der Waals surface area contributed by atoms with E-state index in [0.29, 0.717) is 22.3 Å². The van der Waals surface area contributed by atoms with Gasteiger partial charge in [-0.1, -0.05) is 23.8 Å². The number of nitrogens with zero attached hydrogens (tertiary/aromatic N) is 1. The number of imide groups is 1. The highest BCUT2D eigenvalue weighted by molar-refractivity contribution is 6.23. The van der Waals surface area contributed by atoms with Crippen molar-refractivity contribution in [2.75, 3.05) is 0 Å². The van der Waals surface area contributed by atoms with E-state index in [1.807, 2.05) is 6.08 Å². The summed E-state index contributed by atoms with van der Waals surface area (Å²) < 4.78 is 0. The summed E-state index contributed by atoms with van der Waals surface area (Å²) in [5.74, 6) is -4.28. The lowest BCUT2D eigenvalue weighted by Gasteiger charge is -2.42. The fourth-order valence-corrected chi connectivity index (χ4v) is 5.45. The quantitative estimate of drug-likeness (QED) is 0.321. The number of amides is 2. The normalized spacial score (nSPS) is 30.7. The molecule has 7 heteroatoms. The average molecular weight is 405 g/mol. The maximum atomic E-state index is 13.0. The number of hydrogen-bond acceptors (Lipinski definition) is 6. The van der Waals surface area contributed by atoms with Crippen LogP contribution >= 0.6 is 0 Å². The lowest BCUT2D eigenvalue weighted by molar-refractivity contribution is -0.173. The molecule has 30 heavy (non-hydrogen) atoms. The number of rotatable bonds is 1. The molecule has 5 rings (SSSR count). The van der Waals surface area contributed by atoms with E-state index in [1.54, 1.807) is 25.1 Å². The van der Waals surface area contributed by atoms with E-state index < -0.39 is 35.5 Å². The second-order valence-electron chi connectivity index (χ2n) is 8.31. The van der Waals surface area contributed by atoms with E-state index in [1.165, 1.54) is 12.1 Å². The van der Waals surface area contributed by atoms with Gasteiger partial charge in [0.1, 0.15) is 5.75 Å². The minimum absolute atomic E-state index is 0.0287. The third-order valence-electron chi connectivity index (χ3n) is 6.74. The molecular weight excluding hydrogens is 386 g/mol. The molecule has 2 amide bonds. The number of allylic oxidation sites excluding steroid dienone is 6. The number of carbonyl (C=O) groups is 4. The first-order valence-electron chi connectivity index (χ1n) is 9.85. The number of hydrogen-bond donors (Lipinski definition) is 2. The summed E-state index contributed by atoms with van der Waals surface area (Å²) in [6.07, 6.45) is 3.63. The number of ketones is 2. The van der Waals surface area contributed by atoms with E-state index in [9.17, 15) is 29.5 Å². The predicted octanol–water partition coefficient (Wildman–Crippen LogP) is 2.21. The Morgan fingerprint density at radius 1 is 1.07 bits per heavy atom. The summed E-state index contributed by atoms with van der Waals surface area (Å²) in [6, 6.07) is 6.50. The molecule has 1 aromatic rings. The van der Waals surface area contributed by atoms with Crippen molar-refractivity contribution in [3.63, 3.8) is 0 Å². The zero-order chi connectivity index (χ0) is 21.3. The number of Topliss-reactive ketones (excluding diaryl/α,β-unsaturated/α-hetero) is 1. The molecule has 0 aromatic heterocycles. The second kappa shape index (κ2) is 6.34. The topological polar surface area (TPSA) is 112 Å². The first kappa shape index (κ1) is 18.7. The molecule has 152 valence electrons. The standard InChI is InChI=1S/C23H19NO6/c1-10-7-17(26)20-16(21(10)27)9-15-13(18(20)11-3-2-4-12(25)8-11)5-6-14-19(15)23(29)24(30)22(14)28/h2-5,7-8,14-15,18-19,25,30H,6,9H2,1H3. The van der Waals surface area contributed by atoms with Gasteiger partial charge >= 0.3 is 0 Å². The van der Waals surface area contributed by atoms with Crippen LogP contribution in [-0.4, -0.2) is 38.8 Å². The van der Waals surface area contributed by atoms with E-state index >= 15 is 0 Å². The Labute approximate surface area is 171 Å². The Hall–Kier alpha value is -3.32. The van der Waals surface area contributed by atoms with Crippen molar-refractivity contribution in [2.45, 2.75) is 25.7 Å². The van der Waals surface area contributed by atoms with Crippen LogP contribution in [0, 0.1) is 17.8 Å². The number of carbonyl (C=O) groups excluding carboxylic acids is 4. The first-order chi connectivity index (χ1) is 14.3. The summed E-state index contributed by atoms with van der Waals surface area (Å²) in [5.41, 5.74) is 2.49. The summed E-state index contributed by atoms with van der Waals surface area (Å²) >= 11 is 0. The molecule has 0 bridgehead atoms. The van der Waals surface area contributed by atoms with Crippen LogP contribution in [0.1, 0.15) is 31.2 Å². The largest absolute Gasteiger partial charge is 0.508 e. The minimum atomic E-state index is -0.773. The number of hydroxylamine groups is 2. The van der Waals surface area contributed by atoms with Gasteiger partial charge in [0.05, 0.1) is 11.8 Å². The number of fused-ring (bicyclic) bond motifs is 3. The molecule has 4 atom stereocenters. The maximum Gasteiger partial charge on any atom is 0.257 e. The van der Waals surface area contributed by atoms with Crippen LogP contribution in [0.4, 0.5) is 0 Å². The monoisotopic (exact) mass is 405 g/mol. The predicted molar refractivity (Wildman–Crippen MR) is 103 cm³/mol. The van der Waals surface area contributed by atoms with Crippen molar-refractivity contribution in [3.05, 3.63) is 64.3 Å². The molecule has 0 saturated carbocycles. The van der Waals surface area contributed by atoms with Crippen LogP contribution in [0.15, 0.2) is 58.7 Å². The van der Waals surface area contributed by atoms with Crippen LogP contribution in [-0.2, 0) is 19.2 Å². The van der Waals surface area contributed by atoms with E-state index in [4.69, 9.17) is 0 Å². The van der Waals surface area contributed by atoms with Gasteiger partial charge in [-0.2, -0.15) is 5.06 Å². The highest BCUT2D eigenvalue weighted by atomic mass is 16.5. The van der Waals surface area contributed by atoms with Crippen molar-refractivity contribution in [1.82, 2.24) is 5.06 Å². The highest BCUT2D eigenvalue weighted by Gasteiger charge is 2.56. The molecule has 1 fully saturated rings. The molecule has 1 aliphatic heterocycles. The summed E-state index contributed by atoms with van der Waals surface area (Å²) in [6.45, 7) is 1.59. The SMILES string of the molecule is CC1=CC(=O)C2=C(CC3C(=CCC4C(=O)N(O)C(=O)C43)C2c2cccc(O)c2)C1=O. The van der Waals surface area contributed by atoms with Gasteiger partial charge < -0.3 is 5.11 Å². The molecule has 4 aliphatic rings. The van der Waals surface area contributed by atoms with Crippen LogP contribution < -0.4 is 0 Å². The minimum Gasteiger partial charge on any atom is -0.508 e. The number of benzene rings is 1. The van der Waals surface area contributed by atoms with Gasteiger partial charge in [-0.05, 0) is 49.5 Å². The molecule has 1 heterocycles. The van der Waals surface area contributed by atoms with Gasteiger partial charge in [-0.3, -0.25) is 24.4 Å². The van der Waals surface area contributed by atoms with E-state index in [2.05, 4.69) is 0 Å². The molecule has 0 spiro atoms. The summed E-state index contributed by atoms with van der Waals surface area (Å²) in [4.78, 5) is 50.9. The lowest BCUT2D eigenvalue weighted by atomic mass is 9.59. The molecular formula is C23H19NO6.